The van der Waals surface area contributed by atoms with Crippen LogP contribution in [-0.4, -0.2) is 43.5 Å². The van der Waals surface area contributed by atoms with E-state index >= 15 is 0 Å². The Hall–Kier alpha value is -2.57. The predicted octanol–water partition coefficient (Wildman–Crippen LogP) is 2.06. The summed E-state index contributed by atoms with van der Waals surface area (Å²) in [5.74, 6) is -0.141. The molecule has 2 rings (SSSR count). The van der Waals surface area contributed by atoms with E-state index in [2.05, 4.69) is 16.0 Å². The number of hydrogen-bond acceptors (Lipinski definition) is 4. The van der Waals surface area contributed by atoms with Gasteiger partial charge in [-0.3, -0.25) is 14.9 Å². The largest absolute Gasteiger partial charge is 0.362 e. The van der Waals surface area contributed by atoms with Gasteiger partial charge in [0, 0.05) is 30.4 Å². The third-order valence-corrected chi connectivity index (χ3v) is 4.27. The van der Waals surface area contributed by atoms with Crippen molar-refractivity contribution in [3.63, 3.8) is 0 Å². The molecule has 0 radical (unpaired) electrons. The number of carbonyl (C=O) groups is 3. The highest BCUT2D eigenvalue weighted by Gasteiger charge is 2.24. The van der Waals surface area contributed by atoms with Crippen LogP contribution in [0.25, 0.3) is 0 Å². The Kier molecular flexibility index (Phi) is 7.21. The number of rotatable bonds is 6. The summed E-state index contributed by atoms with van der Waals surface area (Å²) < 4.78 is 0. The molecule has 0 saturated heterocycles. The quantitative estimate of drug-likeness (QED) is 0.711. The fourth-order valence-electron chi connectivity index (χ4n) is 3.10. The van der Waals surface area contributed by atoms with Crippen molar-refractivity contribution in [1.29, 1.82) is 0 Å². The number of amides is 4. The first-order valence-corrected chi connectivity index (χ1v) is 9.53. The van der Waals surface area contributed by atoms with Crippen LogP contribution in [0, 0.1) is 5.92 Å². The first-order valence-electron chi connectivity index (χ1n) is 9.53. The van der Waals surface area contributed by atoms with E-state index in [0.29, 0.717) is 24.6 Å². The van der Waals surface area contributed by atoms with Gasteiger partial charge < -0.3 is 15.5 Å². The Bertz CT molecular complexity index is 700. The van der Waals surface area contributed by atoms with Crippen LogP contribution in [0.1, 0.15) is 50.0 Å². The number of hydrogen-bond donors (Lipinski definition) is 3. The molecule has 0 unspecified atom stereocenters. The normalized spacial score (nSPS) is 13.3. The second kappa shape index (κ2) is 9.39. The number of imide groups is 1. The summed E-state index contributed by atoms with van der Waals surface area (Å²) in [5.41, 5.74) is 2.50. The highest BCUT2D eigenvalue weighted by atomic mass is 16.2. The van der Waals surface area contributed by atoms with Gasteiger partial charge in [0.05, 0.1) is 6.54 Å². The summed E-state index contributed by atoms with van der Waals surface area (Å²) in [6.07, 6.45) is 1.65. The van der Waals surface area contributed by atoms with E-state index in [1.54, 1.807) is 0 Å². The van der Waals surface area contributed by atoms with Crippen LogP contribution in [0.2, 0.25) is 0 Å². The van der Waals surface area contributed by atoms with Gasteiger partial charge in [0.1, 0.15) is 0 Å². The molecule has 7 heteroatoms. The van der Waals surface area contributed by atoms with Crippen molar-refractivity contribution in [3.05, 3.63) is 29.3 Å². The van der Waals surface area contributed by atoms with Gasteiger partial charge in [0.15, 0.2) is 0 Å². The van der Waals surface area contributed by atoms with Crippen molar-refractivity contribution in [2.45, 2.75) is 46.6 Å². The van der Waals surface area contributed by atoms with Crippen LogP contribution in [0.3, 0.4) is 0 Å². The Balaban J connectivity index is 2.06. The SMILES string of the molecule is CC(C)CNC(=O)NC(=O)CN1CCCc2c(C(=O)NC(C)C)cccc21. The number of nitrogens with zero attached hydrogens (tertiary/aromatic N) is 1. The highest BCUT2D eigenvalue weighted by Crippen LogP contribution is 2.29. The molecule has 0 aromatic heterocycles. The monoisotopic (exact) mass is 374 g/mol. The minimum absolute atomic E-state index is 0.0585. The molecule has 0 aliphatic carbocycles. The van der Waals surface area contributed by atoms with Crippen molar-refractivity contribution < 1.29 is 14.4 Å². The maximum atomic E-state index is 12.5. The smallest absolute Gasteiger partial charge is 0.321 e. The maximum absolute atomic E-state index is 12.5. The van der Waals surface area contributed by atoms with Gasteiger partial charge >= 0.3 is 6.03 Å². The first-order chi connectivity index (χ1) is 12.8. The van der Waals surface area contributed by atoms with E-state index < -0.39 is 6.03 Å². The minimum Gasteiger partial charge on any atom is -0.362 e. The Morgan fingerprint density at radius 3 is 2.56 bits per heavy atom. The van der Waals surface area contributed by atoms with E-state index in [-0.39, 0.29) is 24.4 Å². The van der Waals surface area contributed by atoms with Crippen LogP contribution in [-0.2, 0) is 11.2 Å². The van der Waals surface area contributed by atoms with Gasteiger partial charge in [-0.1, -0.05) is 19.9 Å². The van der Waals surface area contributed by atoms with Gasteiger partial charge in [-0.15, -0.1) is 0 Å². The average molecular weight is 374 g/mol. The third-order valence-electron chi connectivity index (χ3n) is 4.27. The lowest BCUT2D eigenvalue weighted by Crippen LogP contribution is -2.46. The molecule has 4 amide bonds. The summed E-state index contributed by atoms with van der Waals surface area (Å²) in [5, 5.41) is 7.96. The summed E-state index contributed by atoms with van der Waals surface area (Å²) >= 11 is 0. The molecular formula is C20H30N4O3. The molecule has 3 N–H and O–H groups in total. The predicted molar refractivity (Wildman–Crippen MR) is 106 cm³/mol. The standard InChI is InChI=1S/C20H30N4O3/c1-13(2)11-21-20(27)23-18(25)12-24-10-6-8-15-16(7-5-9-17(15)24)19(26)22-14(3)4/h5,7,9,13-14H,6,8,10-12H2,1-4H3,(H,22,26)(H2,21,23,25,27). The molecule has 0 atom stereocenters. The van der Waals surface area contributed by atoms with E-state index in [0.717, 1.165) is 24.1 Å². The van der Waals surface area contributed by atoms with Crippen molar-refractivity contribution in [3.8, 4) is 0 Å². The van der Waals surface area contributed by atoms with Crippen molar-refractivity contribution in [1.82, 2.24) is 16.0 Å². The number of benzene rings is 1. The number of carbonyl (C=O) groups excluding carboxylic acids is 3. The van der Waals surface area contributed by atoms with Crippen LogP contribution in [0.4, 0.5) is 10.5 Å². The summed E-state index contributed by atoms with van der Waals surface area (Å²) in [6.45, 7) is 9.13. The van der Waals surface area contributed by atoms with Gasteiger partial charge in [0.25, 0.3) is 5.91 Å². The van der Waals surface area contributed by atoms with Crippen molar-refractivity contribution in [2.24, 2.45) is 5.92 Å². The van der Waals surface area contributed by atoms with E-state index in [1.807, 2.05) is 50.8 Å². The van der Waals surface area contributed by atoms with Gasteiger partial charge in [-0.2, -0.15) is 0 Å². The molecule has 0 saturated carbocycles. The van der Waals surface area contributed by atoms with E-state index in [9.17, 15) is 14.4 Å². The number of fused-ring (bicyclic) bond motifs is 1. The van der Waals surface area contributed by atoms with Crippen LogP contribution < -0.4 is 20.9 Å². The molecule has 148 valence electrons. The molecular weight excluding hydrogens is 344 g/mol. The number of nitrogens with one attached hydrogen (secondary N) is 3. The molecule has 1 aromatic rings. The lowest BCUT2D eigenvalue weighted by atomic mass is 9.95. The Morgan fingerprint density at radius 2 is 1.89 bits per heavy atom. The zero-order valence-corrected chi connectivity index (χ0v) is 16.6. The zero-order valence-electron chi connectivity index (χ0n) is 16.6. The number of anilines is 1. The van der Waals surface area contributed by atoms with E-state index in [1.165, 1.54) is 0 Å². The molecule has 27 heavy (non-hydrogen) atoms. The second-order valence-electron chi connectivity index (χ2n) is 7.61. The second-order valence-corrected chi connectivity index (χ2v) is 7.61. The van der Waals surface area contributed by atoms with Gasteiger partial charge in [-0.25, -0.2) is 4.79 Å². The van der Waals surface area contributed by atoms with Crippen LogP contribution in [0.5, 0.6) is 0 Å². The summed E-state index contributed by atoms with van der Waals surface area (Å²) in [4.78, 5) is 38.4. The molecule has 1 heterocycles. The minimum atomic E-state index is -0.476. The van der Waals surface area contributed by atoms with Gasteiger partial charge in [0.2, 0.25) is 5.91 Å². The first kappa shape index (κ1) is 20.7. The molecule has 1 aliphatic heterocycles. The zero-order chi connectivity index (χ0) is 20.0. The third kappa shape index (κ3) is 5.98. The molecule has 0 bridgehead atoms. The lowest BCUT2D eigenvalue weighted by Gasteiger charge is -2.31. The summed E-state index contributed by atoms with van der Waals surface area (Å²) in [6, 6.07) is 5.16. The maximum Gasteiger partial charge on any atom is 0.321 e. The number of urea groups is 1. The van der Waals surface area contributed by atoms with Crippen molar-refractivity contribution >= 4 is 23.5 Å². The van der Waals surface area contributed by atoms with E-state index in [4.69, 9.17) is 0 Å². The molecule has 0 spiro atoms. The van der Waals surface area contributed by atoms with Crippen LogP contribution in [0.15, 0.2) is 18.2 Å². The molecule has 7 nitrogen and oxygen atoms in total. The highest BCUT2D eigenvalue weighted by molar-refractivity contribution is 5.99. The average Bonchev–Trinajstić information content (AvgIpc) is 2.59. The molecule has 0 fully saturated rings. The van der Waals surface area contributed by atoms with Crippen LogP contribution >= 0.6 is 0 Å². The van der Waals surface area contributed by atoms with Gasteiger partial charge in [-0.05, 0) is 50.3 Å². The fraction of sp³-hybridized carbons (Fsp3) is 0.550. The lowest BCUT2D eigenvalue weighted by molar-refractivity contribution is -0.118. The Morgan fingerprint density at radius 1 is 1.15 bits per heavy atom. The van der Waals surface area contributed by atoms with Crippen molar-refractivity contribution in [2.75, 3.05) is 24.5 Å². The Labute approximate surface area is 160 Å². The molecule has 1 aromatic carbocycles. The topological polar surface area (TPSA) is 90.5 Å². The fourth-order valence-corrected chi connectivity index (χ4v) is 3.10. The molecule has 1 aliphatic rings. The summed E-state index contributed by atoms with van der Waals surface area (Å²) in [7, 11) is 0.